The Kier molecular flexibility index (Phi) is 4.56. The Morgan fingerprint density at radius 2 is 1.96 bits per heavy atom. The third-order valence-corrected chi connectivity index (χ3v) is 5.40. The number of hydrogen-bond donors (Lipinski definition) is 1. The van der Waals surface area contributed by atoms with Gasteiger partial charge in [-0.05, 0) is 55.5 Å². The van der Waals surface area contributed by atoms with Gasteiger partial charge in [0.1, 0.15) is 5.56 Å². The zero-order chi connectivity index (χ0) is 19.0. The standard InChI is InChI=1S/C23H24N2O2/c1-3-4-6-16-9-11-18(12-10-16)24-23(27)20-14-25-15(2)13-17-7-5-8-19(21(17)25)22(20)26/h5,7-12,14-15H,3-4,6,13H2,1-2H3,(H,24,27)/t15-/m1/s1. The number of benzene rings is 2. The summed E-state index contributed by atoms with van der Waals surface area (Å²) in [5.74, 6) is -0.350. The van der Waals surface area contributed by atoms with Gasteiger partial charge in [-0.2, -0.15) is 0 Å². The van der Waals surface area contributed by atoms with Gasteiger partial charge in [-0.15, -0.1) is 0 Å². The molecule has 0 bridgehead atoms. The molecule has 4 rings (SSSR count). The maximum absolute atomic E-state index is 12.9. The third kappa shape index (κ3) is 3.16. The van der Waals surface area contributed by atoms with Gasteiger partial charge in [0.25, 0.3) is 5.91 Å². The fourth-order valence-corrected chi connectivity index (χ4v) is 3.91. The molecule has 1 N–H and O–H groups in total. The lowest BCUT2D eigenvalue weighted by atomic mass is 10.1. The molecule has 0 aliphatic carbocycles. The highest BCUT2D eigenvalue weighted by Gasteiger charge is 2.24. The van der Waals surface area contributed by atoms with Crippen LogP contribution in [0.5, 0.6) is 0 Å². The van der Waals surface area contributed by atoms with Crippen LogP contribution in [0.15, 0.2) is 53.5 Å². The molecule has 27 heavy (non-hydrogen) atoms. The van der Waals surface area contributed by atoms with Gasteiger partial charge in [-0.25, -0.2) is 0 Å². The molecule has 2 aromatic carbocycles. The van der Waals surface area contributed by atoms with Crippen molar-refractivity contribution >= 4 is 22.5 Å². The molecule has 0 saturated heterocycles. The molecular formula is C23H24N2O2. The molecule has 4 nitrogen and oxygen atoms in total. The second kappa shape index (κ2) is 7.03. The largest absolute Gasteiger partial charge is 0.343 e. The van der Waals surface area contributed by atoms with Crippen LogP contribution in [0.25, 0.3) is 10.9 Å². The number of anilines is 1. The molecule has 1 amide bonds. The van der Waals surface area contributed by atoms with Crippen molar-refractivity contribution in [1.82, 2.24) is 4.57 Å². The molecule has 1 aromatic heterocycles. The average Bonchev–Trinajstić information content (AvgIpc) is 3.00. The Balaban J connectivity index is 1.64. The number of hydrogen-bond acceptors (Lipinski definition) is 2. The lowest BCUT2D eigenvalue weighted by Crippen LogP contribution is -2.23. The predicted molar refractivity (Wildman–Crippen MR) is 110 cm³/mol. The minimum Gasteiger partial charge on any atom is -0.343 e. The van der Waals surface area contributed by atoms with E-state index in [9.17, 15) is 9.59 Å². The minimum atomic E-state index is -0.350. The topological polar surface area (TPSA) is 51.1 Å². The fourth-order valence-electron chi connectivity index (χ4n) is 3.91. The summed E-state index contributed by atoms with van der Waals surface area (Å²) < 4.78 is 2.06. The molecule has 1 atom stereocenters. The monoisotopic (exact) mass is 360 g/mol. The summed E-state index contributed by atoms with van der Waals surface area (Å²) in [7, 11) is 0. The van der Waals surface area contributed by atoms with Gasteiger partial charge in [0, 0.05) is 23.3 Å². The minimum absolute atomic E-state index is 0.198. The number of pyridine rings is 1. The summed E-state index contributed by atoms with van der Waals surface area (Å²) in [4.78, 5) is 25.7. The highest BCUT2D eigenvalue weighted by molar-refractivity contribution is 6.06. The number of unbranched alkanes of at least 4 members (excludes halogenated alkanes) is 1. The van der Waals surface area contributed by atoms with Crippen LogP contribution in [0.1, 0.15) is 54.2 Å². The lowest BCUT2D eigenvalue weighted by Gasteiger charge is -2.13. The van der Waals surface area contributed by atoms with E-state index in [0.29, 0.717) is 11.1 Å². The van der Waals surface area contributed by atoms with Crippen molar-refractivity contribution in [3.8, 4) is 0 Å². The molecule has 0 radical (unpaired) electrons. The first-order valence-corrected chi connectivity index (χ1v) is 9.65. The second-order valence-corrected chi connectivity index (χ2v) is 7.40. The molecule has 0 spiro atoms. The SMILES string of the molecule is CCCCc1ccc(NC(=O)c2cn3c4c(cccc4c2=O)C[C@H]3C)cc1. The molecule has 0 saturated carbocycles. The van der Waals surface area contributed by atoms with Crippen LogP contribution in [0.3, 0.4) is 0 Å². The van der Waals surface area contributed by atoms with Gasteiger partial charge in [0.2, 0.25) is 5.43 Å². The number of nitrogens with one attached hydrogen (secondary N) is 1. The van der Waals surface area contributed by atoms with Crippen LogP contribution in [0, 0.1) is 0 Å². The summed E-state index contributed by atoms with van der Waals surface area (Å²) in [5.41, 5.74) is 4.11. The zero-order valence-corrected chi connectivity index (χ0v) is 15.8. The van der Waals surface area contributed by atoms with Crippen LogP contribution in [-0.2, 0) is 12.8 Å². The Bertz CT molecular complexity index is 1060. The number of carbonyl (C=O) groups is 1. The van der Waals surface area contributed by atoms with Gasteiger partial charge < -0.3 is 9.88 Å². The van der Waals surface area contributed by atoms with Crippen molar-refractivity contribution in [3.05, 3.63) is 75.6 Å². The number of para-hydroxylation sites is 1. The second-order valence-electron chi connectivity index (χ2n) is 7.40. The normalized spacial score (nSPS) is 15.3. The highest BCUT2D eigenvalue weighted by Crippen LogP contribution is 2.31. The average molecular weight is 360 g/mol. The van der Waals surface area contributed by atoms with E-state index in [2.05, 4.69) is 29.8 Å². The first-order valence-electron chi connectivity index (χ1n) is 9.65. The summed E-state index contributed by atoms with van der Waals surface area (Å²) in [6, 6.07) is 13.9. The number of rotatable bonds is 5. The Labute approximate surface area is 158 Å². The number of nitrogens with zero attached hydrogens (tertiary/aromatic N) is 1. The third-order valence-electron chi connectivity index (χ3n) is 5.40. The molecule has 138 valence electrons. The Hall–Kier alpha value is -2.88. The van der Waals surface area contributed by atoms with Crippen molar-refractivity contribution < 1.29 is 4.79 Å². The van der Waals surface area contributed by atoms with E-state index in [1.54, 1.807) is 6.20 Å². The number of amides is 1. The smallest absolute Gasteiger partial charge is 0.261 e. The van der Waals surface area contributed by atoms with E-state index in [1.807, 2.05) is 36.4 Å². The molecule has 3 aromatic rings. The molecule has 0 fully saturated rings. The maximum atomic E-state index is 12.9. The van der Waals surface area contributed by atoms with Gasteiger partial charge in [-0.1, -0.05) is 37.6 Å². The van der Waals surface area contributed by atoms with Gasteiger partial charge in [0.15, 0.2) is 0 Å². The molecule has 0 unspecified atom stereocenters. The highest BCUT2D eigenvalue weighted by atomic mass is 16.2. The van der Waals surface area contributed by atoms with Gasteiger partial charge >= 0.3 is 0 Å². The first kappa shape index (κ1) is 17.5. The van der Waals surface area contributed by atoms with Crippen molar-refractivity contribution in [3.63, 3.8) is 0 Å². The van der Waals surface area contributed by atoms with E-state index in [-0.39, 0.29) is 22.9 Å². The first-order chi connectivity index (χ1) is 13.1. The van der Waals surface area contributed by atoms with Crippen LogP contribution in [-0.4, -0.2) is 10.5 Å². The van der Waals surface area contributed by atoms with E-state index in [0.717, 1.165) is 31.2 Å². The fraction of sp³-hybridized carbons (Fsp3) is 0.304. The van der Waals surface area contributed by atoms with Crippen LogP contribution >= 0.6 is 0 Å². The Morgan fingerprint density at radius 3 is 2.70 bits per heavy atom. The number of carbonyl (C=O) groups excluding carboxylic acids is 1. The summed E-state index contributed by atoms with van der Waals surface area (Å²) in [6.45, 7) is 4.28. The summed E-state index contributed by atoms with van der Waals surface area (Å²) in [6.07, 6.45) is 5.97. The zero-order valence-electron chi connectivity index (χ0n) is 15.8. The number of aromatic nitrogens is 1. The quantitative estimate of drug-likeness (QED) is 0.716. The van der Waals surface area contributed by atoms with Crippen molar-refractivity contribution in [2.75, 3.05) is 5.32 Å². The van der Waals surface area contributed by atoms with E-state index >= 15 is 0 Å². The van der Waals surface area contributed by atoms with E-state index < -0.39 is 0 Å². The molecule has 1 aliphatic rings. The van der Waals surface area contributed by atoms with Crippen molar-refractivity contribution in [2.24, 2.45) is 0 Å². The van der Waals surface area contributed by atoms with Gasteiger partial charge in [-0.3, -0.25) is 9.59 Å². The van der Waals surface area contributed by atoms with Gasteiger partial charge in [0.05, 0.1) is 5.52 Å². The molecule has 4 heteroatoms. The van der Waals surface area contributed by atoms with Crippen LogP contribution in [0.4, 0.5) is 5.69 Å². The summed E-state index contributed by atoms with van der Waals surface area (Å²) >= 11 is 0. The van der Waals surface area contributed by atoms with Crippen molar-refractivity contribution in [1.29, 1.82) is 0 Å². The molecule has 2 heterocycles. The predicted octanol–water partition coefficient (Wildman–Crippen LogP) is 4.71. The van der Waals surface area contributed by atoms with Crippen molar-refractivity contribution in [2.45, 2.75) is 45.6 Å². The van der Waals surface area contributed by atoms with E-state index in [4.69, 9.17) is 0 Å². The molecular weight excluding hydrogens is 336 g/mol. The van der Waals surface area contributed by atoms with Crippen LogP contribution in [0.2, 0.25) is 0 Å². The summed E-state index contributed by atoms with van der Waals surface area (Å²) in [5, 5.41) is 3.50. The Morgan fingerprint density at radius 1 is 1.19 bits per heavy atom. The molecule has 1 aliphatic heterocycles. The maximum Gasteiger partial charge on any atom is 0.261 e. The van der Waals surface area contributed by atoms with Crippen LogP contribution < -0.4 is 10.7 Å². The van der Waals surface area contributed by atoms with E-state index in [1.165, 1.54) is 11.1 Å². The lowest BCUT2D eigenvalue weighted by molar-refractivity contribution is 0.102. The number of aryl methyl sites for hydroxylation is 1.